The highest BCUT2D eigenvalue weighted by Gasteiger charge is 2.30. The van der Waals surface area contributed by atoms with E-state index < -0.39 is 0 Å². The Morgan fingerprint density at radius 3 is 2.33 bits per heavy atom. The molecule has 1 fully saturated rings. The third-order valence-corrected chi connectivity index (χ3v) is 3.61. The molecule has 1 aliphatic rings. The quantitative estimate of drug-likeness (QED) is 0.766. The van der Waals surface area contributed by atoms with Crippen LogP contribution in [0.1, 0.15) is 57.6 Å². The van der Waals surface area contributed by atoms with Gasteiger partial charge in [0.25, 0.3) is 0 Å². The highest BCUT2D eigenvalue weighted by molar-refractivity contribution is 5.82. The minimum Gasteiger partial charge on any atom is -0.278 e. The van der Waals surface area contributed by atoms with Crippen LogP contribution < -0.4 is 0 Å². The van der Waals surface area contributed by atoms with Gasteiger partial charge in [-0.2, -0.15) is 5.10 Å². The van der Waals surface area contributed by atoms with Gasteiger partial charge in [-0.1, -0.05) is 33.8 Å². The van der Waals surface area contributed by atoms with Crippen molar-refractivity contribution in [2.75, 3.05) is 0 Å². The number of rotatable bonds is 1. The first-order chi connectivity index (χ1) is 8.39. The highest BCUT2D eigenvalue weighted by atomic mass is 15.1. The summed E-state index contributed by atoms with van der Waals surface area (Å²) in [5, 5.41) is 8.32. The second kappa shape index (κ2) is 4.75. The molecule has 1 aliphatic carbocycles. The van der Waals surface area contributed by atoms with Crippen LogP contribution in [0.5, 0.6) is 0 Å². The molecule has 1 heterocycles. The standard InChI is InChI=1S/C11H14N2.C5H10/c1-7(2)9-4-8(3)5-11-10(9)6-12-13-11;1-5(2)3-4-5/h4-7H,1-3H3,(H,12,13);3-4H2,1-2H3. The maximum Gasteiger partial charge on any atom is 0.0655 e. The Hall–Kier alpha value is -1.31. The second-order valence-corrected chi connectivity index (χ2v) is 6.50. The molecule has 2 aromatic rings. The fourth-order valence-electron chi connectivity index (χ4n) is 1.96. The Morgan fingerprint density at radius 1 is 1.22 bits per heavy atom. The summed E-state index contributed by atoms with van der Waals surface area (Å²) < 4.78 is 0. The van der Waals surface area contributed by atoms with Gasteiger partial charge < -0.3 is 0 Å². The van der Waals surface area contributed by atoms with Crippen LogP contribution in [0, 0.1) is 12.3 Å². The van der Waals surface area contributed by atoms with Gasteiger partial charge in [-0.05, 0) is 48.3 Å². The maximum atomic E-state index is 4.06. The van der Waals surface area contributed by atoms with Crippen molar-refractivity contribution in [3.05, 3.63) is 29.5 Å². The molecule has 0 aliphatic heterocycles. The Kier molecular flexibility index (Phi) is 3.47. The van der Waals surface area contributed by atoms with Crippen LogP contribution in [0.25, 0.3) is 10.9 Å². The van der Waals surface area contributed by atoms with Crippen LogP contribution in [0.3, 0.4) is 0 Å². The van der Waals surface area contributed by atoms with E-state index in [1.54, 1.807) is 0 Å². The van der Waals surface area contributed by atoms with Crippen LogP contribution >= 0.6 is 0 Å². The lowest BCUT2D eigenvalue weighted by molar-refractivity contribution is 0.653. The first-order valence-corrected chi connectivity index (χ1v) is 6.83. The van der Waals surface area contributed by atoms with E-state index in [9.17, 15) is 0 Å². The lowest BCUT2D eigenvalue weighted by atomic mass is 9.97. The van der Waals surface area contributed by atoms with E-state index in [1.165, 1.54) is 29.4 Å². The van der Waals surface area contributed by atoms with Crippen molar-refractivity contribution in [2.45, 2.75) is 53.4 Å². The minimum absolute atomic E-state index is 0.556. The van der Waals surface area contributed by atoms with Crippen LogP contribution in [0.15, 0.2) is 18.3 Å². The summed E-state index contributed by atoms with van der Waals surface area (Å²) in [7, 11) is 0. The van der Waals surface area contributed by atoms with Crippen LogP contribution in [-0.4, -0.2) is 10.2 Å². The number of hydrogen-bond donors (Lipinski definition) is 1. The Morgan fingerprint density at radius 2 is 1.83 bits per heavy atom. The molecule has 0 unspecified atom stereocenters. The van der Waals surface area contributed by atoms with Gasteiger partial charge in [-0.25, -0.2) is 0 Å². The normalized spacial score (nSPS) is 16.6. The fourth-order valence-corrected chi connectivity index (χ4v) is 1.96. The maximum absolute atomic E-state index is 4.06. The van der Waals surface area contributed by atoms with Crippen LogP contribution in [0.4, 0.5) is 0 Å². The summed E-state index contributed by atoms with van der Waals surface area (Å²) in [6.45, 7) is 11.1. The molecule has 0 radical (unpaired) electrons. The lowest BCUT2D eigenvalue weighted by Gasteiger charge is -2.07. The highest BCUT2D eigenvalue weighted by Crippen LogP contribution is 2.43. The Bertz CT molecular complexity index is 529. The first kappa shape index (κ1) is 13.1. The number of aromatic amines is 1. The Labute approximate surface area is 110 Å². The van der Waals surface area contributed by atoms with E-state index in [0.29, 0.717) is 5.92 Å². The largest absolute Gasteiger partial charge is 0.278 e. The van der Waals surface area contributed by atoms with Crippen molar-refractivity contribution in [1.29, 1.82) is 0 Å². The Balaban J connectivity index is 0.000000202. The van der Waals surface area contributed by atoms with Crippen molar-refractivity contribution in [3.63, 3.8) is 0 Å². The number of aromatic nitrogens is 2. The summed E-state index contributed by atoms with van der Waals surface area (Å²) in [6, 6.07) is 4.37. The molecule has 0 bridgehead atoms. The third kappa shape index (κ3) is 3.12. The topological polar surface area (TPSA) is 28.7 Å². The van der Waals surface area contributed by atoms with Crippen molar-refractivity contribution in [3.8, 4) is 0 Å². The molecule has 1 aromatic carbocycles. The molecule has 0 spiro atoms. The van der Waals surface area contributed by atoms with Crippen molar-refractivity contribution in [2.24, 2.45) is 5.41 Å². The molecule has 0 amide bonds. The zero-order chi connectivity index (χ0) is 13.3. The molecule has 2 heteroatoms. The van der Waals surface area contributed by atoms with Gasteiger partial charge >= 0.3 is 0 Å². The fraction of sp³-hybridized carbons (Fsp3) is 0.562. The summed E-state index contributed by atoms with van der Waals surface area (Å²) in [5.41, 5.74) is 4.56. The molecule has 18 heavy (non-hydrogen) atoms. The van der Waals surface area contributed by atoms with Gasteiger partial charge in [-0.3, -0.25) is 5.10 Å². The van der Waals surface area contributed by atoms with Crippen molar-refractivity contribution < 1.29 is 0 Å². The van der Waals surface area contributed by atoms with Crippen molar-refractivity contribution >= 4 is 10.9 Å². The number of fused-ring (bicyclic) bond motifs is 1. The van der Waals surface area contributed by atoms with Crippen LogP contribution in [0.2, 0.25) is 0 Å². The molecule has 3 rings (SSSR count). The molecule has 1 N–H and O–H groups in total. The summed E-state index contributed by atoms with van der Waals surface area (Å²) >= 11 is 0. The monoisotopic (exact) mass is 244 g/mol. The predicted octanol–water partition coefficient (Wildman–Crippen LogP) is 4.80. The number of benzene rings is 1. The van der Waals surface area contributed by atoms with E-state index in [2.05, 4.69) is 56.9 Å². The van der Waals surface area contributed by atoms with Crippen molar-refractivity contribution in [1.82, 2.24) is 10.2 Å². The summed E-state index contributed by atoms with van der Waals surface area (Å²) in [4.78, 5) is 0. The molecule has 1 saturated carbocycles. The van der Waals surface area contributed by atoms with Gasteiger partial charge in [0.1, 0.15) is 0 Å². The average Bonchev–Trinajstić information content (AvgIpc) is 2.78. The summed E-state index contributed by atoms with van der Waals surface area (Å²) in [6.07, 6.45) is 4.81. The zero-order valence-corrected chi connectivity index (χ0v) is 12.2. The number of nitrogens with zero attached hydrogens (tertiary/aromatic N) is 1. The second-order valence-electron chi connectivity index (χ2n) is 6.50. The molecule has 2 nitrogen and oxygen atoms in total. The smallest absolute Gasteiger partial charge is 0.0655 e. The van der Waals surface area contributed by atoms with E-state index in [-0.39, 0.29) is 0 Å². The molecule has 0 atom stereocenters. The van der Waals surface area contributed by atoms with E-state index in [4.69, 9.17) is 0 Å². The SMILES string of the molecule is CC1(C)CC1.Cc1cc(C(C)C)c2cn[nH]c2c1. The third-order valence-electron chi connectivity index (χ3n) is 3.61. The predicted molar refractivity (Wildman–Crippen MR) is 77.9 cm³/mol. The lowest BCUT2D eigenvalue weighted by Crippen LogP contribution is -1.89. The van der Waals surface area contributed by atoms with E-state index in [1.807, 2.05) is 6.20 Å². The molecule has 0 saturated heterocycles. The average molecular weight is 244 g/mol. The number of aryl methyl sites for hydroxylation is 1. The molecule has 98 valence electrons. The zero-order valence-electron chi connectivity index (χ0n) is 12.2. The molecular weight excluding hydrogens is 220 g/mol. The van der Waals surface area contributed by atoms with Gasteiger partial charge in [0.15, 0.2) is 0 Å². The number of nitrogens with one attached hydrogen (secondary N) is 1. The van der Waals surface area contributed by atoms with E-state index in [0.717, 1.165) is 10.9 Å². The van der Waals surface area contributed by atoms with Gasteiger partial charge in [-0.15, -0.1) is 0 Å². The van der Waals surface area contributed by atoms with Gasteiger partial charge in [0.2, 0.25) is 0 Å². The van der Waals surface area contributed by atoms with Crippen LogP contribution in [-0.2, 0) is 0 Å². The number of hydrogen-bond acceptors (Lipinski definition) is 1. The molecule has 1 aromatic heterocycles. The molecular formula is C16H24N2. The minimum atomic E-state index is 0.556. The van der Waals surface area contributed by atoms with E-state index >= 15 is 0 Å². The first-order valence-electron chi connectivity index (χ1n) is 6.83. The van der Waals surface area contributed by atoms with Gasteiger partial charge in [0.05, 0.1) is 11.7 Å². The number of H-pyrrole nitrogens is 1. The van der Waals surface area contributed by atoms with Gasteiger partial charge in [0, 0.05) is 5.39 Å². The summed E-state index contributed by atoms with van der Waals surface area (Å²) in [5.74, 6) is 0.556.